The van der Waals surface area contributed by atoms with Gasteiger partial charge in [-0.2, -0.15) is 0 Å². The maximum Gasteiger partial charge on any atom is 0.227 e. The Labute approximate surface area is 97.3 Å². The molecule has 0 saturated carbocycles. The molecule has 5 nitrogen and oxygen atoms in total. The predicted octanol–water partition coefficient (Wildman–Crippen LogP) is -0.125. The molecule has 0 spiro atoms. The van der Waals surface area contributed by atoms with Crippen molar-refractivity contribution in [1.29, 1.82) is 0 Å². The van der Waals surface area contributed by atoms with E-state index in [0.717, 1.165) is 0 Å². The van der Waals surface area contributed by atoms with Gasteiger partial charge < -0.3 is 20.9 Å². The number of aliphatic hydroxyl groups is 1. The van der Waals surface area contributed by atoms with Crippen LogP contribution in [0.15, 0.2) is 0 Å². The zero-order chi connectivity index (χ0) is 12.6. The summed E-state index contributed by atoms with van der Waals surface area (Å²) >= 11 is 0. The van der Waals surface area contributed by atoms with Gasteiger partial charge in [0.1, 0.15) is 0 Å². The zero-order valence-corrected chi connectivity index (χ0v) is 10.5. The van der Waals surface area contributed by atoms with Crippen molar-refractivity contribution >= 4 is 5.91 Å². The minimum Gasteiger partial charge on any atom is -0.389 e. The molecule has 0 saturated heterocycles. The van der Waals surface area contributed by atoms with Crippen LogP contribution in [0.2, 0.25) is 0 Å². The van der Waals surface area contributed by atoms with Crippen LogP contribution in [0.1, 0.15) is 26.7 Å². The Morgan fingerprint density at radius 1 is 1.50 bits per heavy atom. The van der Waals surface area contributed by atoms with Crippen LogP contribution in [0.5, 0.6) is 0 Å². The number of hydrogen-bond donors (Lipinski definition) is 3. The van der Waals surface area contributed by atoms with Crippen LogP contribution in [-0.4, -0.2) is 43.9 Å². The number of aliphatic hydroxyl groups excluding tert-OH is 1. The quantitative estimate of drug-likeness (QED) is 0.544. The van der Waals surface area contributed by atoms with E-state index in [1.54, 1.807) is 0 Å². The average molecular weight is 232 g/mol. The molecule has 0 aliphatic heterocycles. The molecule has 0 fully saturated rings. The van der Waals surface area contributed by atoms with Gasteiger partial charge in [-0.25, -0.2) is 0 Å². The Balaban J connectivity index is 4.21. The van der Waals surface area contributed by atoms with E-state index in [2.05, 4.69) is 5.32 Å². The molecule has 0 aliphatic rings. The number of amides is 1. The molecule has 0 aromatic heterocycles. The number of methoxy groups -OCH3 is 1. The molecule has 0 bridgehead atoms. The first kappa shape index (κ1) is 15.3. The number of carbonyl (C=O) groups is 1. The number of hydrogen-bond acceptors (Lipinski definition) is 4. The third-order valence-corrected chi connectivity index (χ3v) is 3.08. The molecule has 4 N–H and O–H groups in total. The van der Waals surface area contributed by atoms with Crippen LogP contribution in [0.3, 0.4) is 0 Å². The molecule has 0 rings (SSSR count). The molecule has 0 heterocycles. The van der Waals surface area contributed by atoms with Crippen molar-refractivity contribution in [2.45, 2.75) is 32.8 Å². The summed E-state index contributed by atoms with van der Waals surface area (Å²) < 4.78 is 4.77. The van der Waals surface area contributed by atoms with E-state index in [-0.39, 0.29) is 19.1 Å². The topological polar surface area (TPSA) is 84.6 Å². The lowest BCUT2D eigenvalue weighted by atomic mass is 9.81. The second-order valence-electron chi connectivity index (χ2n) is 4.01. The number of ether oxygens (including phenoxy) is 1. The summed E-state index contributed by atoms with van der Waals surface area (Å²) in [5.74, 6) is -0.0878. The number of rotatable bonds is 8. The monoisotopic (exact) mass is 232 g/mol. The first-order valence-electron chi connectivity index (χ1n) is 5.71. The Kier molecular flexibility index (Phi) is 7.29. The van der Waals surface area contributed by atoms with Crippen molar-refractivity contribution in [1.82, 2.24) is 5.32 Å². The van der Waals surface area contributed by atoms with Crippen LogP contribution in [-0.2, 0) is 9.53 Å². The minimum absolute atomic E-state index is 0.0878. The highest BCUT2D eigenvalue weighted by molar-refractivity contribution is 5.82. The largest absolute Gasteiger partial charge is 0.389 e. The lowest BCUT2D eigenvalue weighted by molar-refractivity contribution is -0.131. The number of carbonyl (C=O) groups excluding carboxylic acids is 1. The van der Waals surface area contributed by atoms with Gasteiger partial charge >= 0.3 is 0 Å². The Hall–Kier alpha value is -0.650. The highest BCUT2D eigenvalue weighted by Crippen LogP contribution is 2.24. The molecule has 0 aromatic rings. The normalized spacial score (nSPS) is 13.6. The minimum atomic E-state index is -0.668. The predicted molar refractivity (Wildman–Crippen MR) is 63.0 cm³/mol. The molecule has 1 atom stereocenters. The second-order valence-corrected chi connectivity index (χ2v) is 4.01. The van der Waals surface area contributed by atoms with Crippen LogP contribution < -0.4 is 11.1 Å². The molecule has 0 aromatic carbocycles. The highest BCUT2D eigenvalue weighted by atomic mass is 16.5. The molecule has 0 aliphatic carbocycles. The van der Waals surface area contributed by atoms with Crippen LogP contribution >= 0.6 is 0 Å². The number of nitrogens with two attached hydrogens (primary N) is 1. The molecular formula is C11H24N2O3. The van der Waals surface area contributed by atoms with Gasteiger partial charge in [-0.3, -0.25) is 4.79 Å². The van der Waals surface area contributed by atoms with Crippen molar-refractivity contribution in [2.75, 3.05) is 26.8 Å². The summed E-state index contributed by atoms with van der Waals surface area (Å²) in [4.78, 5) is 11.9. The van der Waals surface area contributed by atoms with Gasteiger partial charge in [0.2, 0.25) is 5.91 Å². The summed E-state index contributed by atoms with van der Waals surface area (Å²) in [6, 6.07) is 0. The maximum absolute atomic E-state index is 11.9. The molecule has 0 radical (unpaired) electrons. The summed E-state index contributed by atoms with van der Waals surface area (Å²) in [5.41, 5.74) is 5.14. The number of nitrogens with one attached hydrogen (secondary N) is 1. The molecule has 5 heteroatoms. The SMILES string of the molecule is CCC(CC)(CN)C(=O)NCC(O)COC. The van der Waals surface area contributed by atoms with Crippen molar-refractivity contribution in [3.8, 4) is 0 Å². The van der Waals surface area contributed by atoms with Gasteiger partial charge in [0, 0.05) is 20.2 Å². The Morgan fingerprint density at radius 3 is 2.44 bits per heavy atom. The fourth-order valence-corrected chi connectivity index (χ4v) is 1.60. The van der Waals surface area contributed by atoms with Crippen molar-refractivity contribution in [2.24, 2.45) is 11.1 Å². The molecule has 1 amide bonds. The first-order chi connectivity index (χ1) is 7.56. The molecule has 1 unspecified atom stereocenters. The van der Waals surface area contributed by atoms with Gasteiger partial charge in [0.05, 0.1) is 18.1 Å². The summed E-state index contributed by atoms with van der Waals surface area (Å²) in [7, 11) is 1.51. The average Bonchev–Trinajstić information content (AvgIpc) is 2.30. The van der Waals surface area contributed by atoms with Gasteiger partial charge in [-0.1, -0.05) is 13.8 Å². The van der Waals surface area contributed by atoms with E-state index in [0.29, 0.717) is 19.4 Å². The Bertz CT molecular complexity index is 197. The fraction of sp³-hybridized carbons (Fsp3) is 0.909. The van der Waals surface area contributed by atoms with Gasteiger partial charge in [0.25, 0.3) is 0 Å². The van der Waals surface area contributed by atoms with Crippen molar-refractivity contribution in [3.63, 3.8) is 0 Å². The van der Waals surface area contributed by atoms with Gasteiger partial charge in [0.15, 0.2) is 0 Å². The van der Waals surface area contributed by atoms with E-state index in [1.807, 2.05) is 13.8 Å². The van der Waals surface area contributed by atoms with Gasteiger partial charge in [-0.15, -0.1) is 0 Å². The van der Waals surface area contributed by atoms with Gasteiger partial charge in [-0.05, 0) is 12.8 Å². The molecule has 96 valence electrons. The molecule has 16 heavy (non-hydrogen) atoms. The van der Waals surface area contributed by atoms with E-state index in [1.165, 1.54) is 7.11 Å². The highest BCUT2D eigenvalue weighted by Gasteiger charge is 2.33. The maximum atomic E-state index is 11.9. The van der Waals surface area contributed by atoms with E-state index < -0.39 is 11.5 Å². The smallest absolute Gasteiger partial charge is 0.227 e. The lowest BCUT2D eigenvalue weighted by Crippen LogP contribution is -2.47. The summed E-state index contributed by atoms with van der Waals surface area (Å²) in [6.45, 7) is 4.64. The van der Waals surface area contributed by atoms with Crippen LogP contribution in [0, 0.1) is 5.41 Å². The fourth-order valence-electron chi connectivity index (χ4n) is 1.60. The zero-order valence-electron chi connectivity index (χ0n) is 10.5. The van der Waals surface area contributed by atoms with Crippen molar-refractivity contribution in [3.05, 3.63) is 0 Å². The summed E-state index contributed by atoms with van der Waals surface area (Å²) in [6.07, 6.45) is 0.733. The Morgan fingerprint density at radius 2 is 2.06 bits per heavy atom. The standard InChI is InChI=1S/C11H24N2O3/c1-4-11(5-2,8-12)10(15)13-6-9(14)7-16-3/h9,14H,4-8,12H2,1-3H3,(H,13,15). The lowest BCUT2D eigenvalue weighted by Gasteiger charge is -2.29. The van der Waals surface area contributed by atoms with E-state index in [9.17, 15) is 9.90 Å². The van der Waals surface area contributed by atoms with Crippen molar-refractivity contribution < 1.29 is 14.6 Å². The molecular weight excluding hydrogens is 208 g/mol. The second kappa shape index (κ2) is 7.60. The third-order valence-electron chi connectivity index (χ3n) is 3.08. The van der Waals surface area contributed by atoms with Crippen LogP contribution in [0.25, 0.3) is 0 Å². The third kappa shape index (κ3) is 4.08. The van der Waals surface area contributed by atoms with Crippen LogP contribution in [0.4, 0.5) is 0 Å². The first-order valence-corrected chi connectivity index (χ1v) is 5.71. The van der Waals surface area contributed by atoms with E-state index in [4.69, 9.17) is 10.5 Å². The summed E-state index contributed by atoms with van der Waals surface area (Å²) in [5, 5.41) is 12.1. The van der Waals surface area contributed by atoms with E-state index >= 15 is 0 Å².